The second-order valence-electron chi connectivity index (χ2n) is 2.80. The molecule has 0 aliphatic heterocycles. The van der Waals surface area contributed by atoms with Crippen molar-refractivity contribution in [3.63, 3.8) is 0 Å². The van der Waals surface area contributed by atoms with Crippen LogP contribution in [-0.4, -0.2) is 33.8 Å². The molecule has 0 amide bonds. The molecular formula is C7H14N2O5S. The third-order valence-corrected chi connectivity index (χ3v) is 1.74. The van der Waals surface area contributed by atoms with E-state index in [-0.39, 0.29) is 6.61 Å². The van der Waals surface area contributed by atoms with Crippen molar-refractivity contribution in [2.45, 2.75) is 13.5 Å². The average molecular weight is 238 g/mol. The van der Waals surface area contributed by atoms with Gasteiger partial charge in [-0.1, -0.05) is 0 Å². The first-order chi connectivity index (χ1) is 6.75. The minimum absolute atomic E-state index is 0.204. The molecule has 1 aromatic heterocycles. The van der Waals surface area contributed by atoms with E-state index in [9.17, 15) is 0 Å². The Kier molecular flexibility index (Phi) is 5.44. The molecule has 1 aromatic rings. The van der Waals surface area contributed by atoms with Crippen LogP contribution in [0.2, 0.25) is 0 Å². The maximum Gasteiger partial charge on any atom is 0.253 e. The number of hydrogen-bond donors (Lipinski definition) is 2. The number of aliphatic hydroxyl groups excluding tert-OH is 1. The van der Waals surface area contributed by atoms with Crippen molar-refractivity contribution in [1.29, 1.82) is 0 Å². The number of aryl methyl sites for hydroxylation is 1. The third-order valence-electron chi connectivity index (χ3n) is 1.74. The maximum atomic E-state index is 8.63. The second-order valence-corrected chi connectivity index (χ2v) is 3.66. The number of aliphatic hydroxyl groups is 1. The van der Waals surface area contributed by atoms with Gasteiger partial charge in [0.1, 0.15) is 18.9 Å². The Bertz CT molecular complexity index is 390. The van der Waals surface area contributed by atoms with Crippen LogP contribution in [0.15, 0.2) is 12.4 Å². The zero-order chi connectivity index (χ0) is 12.1. The summed E-state index contributed by atoms with van der Waals surface area (Å²) in [5, 5.41) is 8.62. The maximum absolute atomic E-state index is 8.63. The molecule has 0 aliphatic carbocycles. The first-order valence-corrected chi connectivity index (χ1v) is 5.42. The molecule has 2 N–H and O–H groups in total. The third kappa shape index (κ3) is 7.03. The topological polar surface area (TPSA) is 106 Å². The Morgan fingerprint density at radius 2 is 2.07 bits per heavy atom. The van der Waals surface area contributed by atoms with Crippen LogP contribution in [0.1, 0.15) is 5.82 Å². The number of rotatable bonds is 2. The molecule has 0 saturated carbocycles. The monoisotopic (exact) mass is 238 g/mol. The van der Waals surface area contributed by atoms with Crippen molar-refractivity contribution in [3.8, 4) is 0 Å². The Morgan fingerprint density at radius 3 is 2.33 bits per heavy atom. The molecule has 0 bridgehead atoms. The molecule has 1 rings (SSSR count). The first-order valence-electron chi connectivity index (χ1n) is 4.06. The summed E-state index contributed by atoms with van der Waals surface area (Å²) < 4.78 is 36.9. The summed E-state index contributed by atoms with van der Waals surface area (Å²) in [5.41, 5.74) is 0. The van der Waals surface area contributed by atoms with Gasteiger partial charge in [-0.15, -0.1) is 0 Å². The lowest BCUT2D eigenvalue weighted by Gasteiger charge is -1.93. The average Bonchev–Trinajstić information content (AvgIpc) is 2.34. The van der Waals surface area contributed by atoms with E-state index in [1.54, 1.807) is 0 Å². The van der Waals surface area contributed by atoms with Crippen molar-refractivity contribution < 1.29 is 27.2 Å². The highest BCUT2D eigenvalue weighted by molar-refractivity contribution is 7.79. The lowest BCUT2D eigenvalue weighted by atomic mass is 10.6. The Morgan fingerprint density at radius 1 is 1.60 bits per heavy atom. The van der Waals surface area contributed by atoms with Gasteiger partial charge in [-0.2, -0.15) is 0 Å². The molecule has 0 radical (unpaired) electrons. The minimum atomic E-state index is -4.92. The molecule has 0 saturated heterocycles. The highest BCUT2D eigenvalue weighted by Crippen LogP contribution is 1.90. The summed E-state index contributed by atoms with van der Waals surface area (Å²) in [6, 6.07) is 0. The molecule has 0 unspecified atom stereocenters. The smallest absolute Gasteiger partial charge is 0.253 e. The zero-order valence-electron chi connectivity index (χ0n) is 8.49. The van der Waals surface area contributed by atoms with E-state index in [4.69, 9.17) is 22.6 Å². The zero-order valence-corrected chi connectivity index (χ0v) is 9.31. The van der Waals surface area contributed by atoms with Gasteiger partial charge in [0.15, 0.2) is 0 Å². The van der Waals surface area contributed by atoms with Crippen molar-refractivity contribution >= 4 is 10.4 Å². The van der Waals surface area contributed by atoms with E-state index >= 15 is 0 Å². The van der Waals surface area contributed by atoms with E-state index in [0.717, 1.165) is 5.82 Å². The summed E-state index contributed by atoms with van der Waals surface area (Å²) in [7, 11) is -2.93. The van der Waals surface area contributed by atoms with E-state index in [2.05, 4.69) is 0 Å². The van der Waals surface area contributed by atoms with Crippen LogP contribution in [0.4, 0.5) is 0 Å². The van der Waals surface area contributed by atoms with Crippen LogP contribution in [0, 0.1) is 6.92 Å². The van der Waals surface area contributed by atoms with E-state index < -0.39 is 10.4 Å². The molecule has 0 fully saturated rings. The molecule has 15 heavy (non-hydrogen) atoms. The van der Waals surface area contributed by atoms with Crippen molar-refractivity contribution in [2.24, 2.45) is 7.05 Å². The van der Waals surface area contributed by atoms with E-state index in [1.165, 1.54) is 0 Å². The Hall–Kier alpha value is -0.960. The fourth-order valence-corrected chi connectivity index (χ4v) is 0.943. The number of aromatic nitrogens is 2. The number of imidazole rings is 1. The van der Waals surface area contributed by atoms with Crippen molar-refractivity contribution in [3.05, 3.63) is 18.2 Å². The predicted molar refractivity (Wildman–Crippen MR) is 49.8 cm³/mol. The molecule has 0 spiro atoms. The first kappa shape index (κ1) is 14.0. The predicted octanol–water partition coefficient (Wildman–Crippen LogP) is -1.38. The van der Waals surface area contributed by atoms with Crippen LogP contribution in [-0.2, 0) is 24.0 Å². The van der Waals surface area contributed by atoms with Gasteiger partial charge >= 0.3 is 0 Å². The number of nitrogens with zero attached hydrogens (tertiary/aromatic N) is 2. The molecule has 7 nitrogen and oxygen atoms in total. The van der Waals surface area contributed by atoms with Gasteiger partial charge < -0.3 is 9.66 Å². The Labute approximate surface area is 88.2 Å². The lowest BCUT2D eigenvalue weighted by molar-refractivity contribution is -0.677. The molecular weight excluding hydrogens is 224 g/mol. The van der Waals surface area contributed by atoms with E-state index in [0.29, 0.717) is 6.54 Å². The largest absolute Gasteiger partial charge is 0.726 e. The van der Waals surface area contributed by atoms with Gasteiger partial charge in [-0.25, -0.2) is 17.6 Å². The fourth-order valence-electron chi connectivity index (χ4n) is 0.943. The molecule has 88 valence electrons. The van der Waals surface area contributed by atoms with Crippen LogP contribution in [0.3, 0.4) is 0 Å². The van der Waals surface area contributed by atoms with Crippen LogP contribution in [0.5, 0.6) is 0 Å². The molecule has 0 atom stereocenters. The van der Waals surface area contributed by atoms with Gasteiger partial charge in [-0.3, -0.25) is 4.55 Å². The molecule has 1 heterocycles. The van der Waals surface area contributed by atoms with Crippen molar-refractivity contribution in [2.75, 3.05) is 6.61 Å². The van der Waals surface area contributed by atoms with Crippen molar-refractivity contribution in [1.82, 2.24) is 4.57 Å². The van der Waals surface area contributed by atoms with Gasteiger partial charge in [0.05, 0.1) is 13.7 Å². The van der Waals surface area contributed by atoms with Gasteiger partial charge in [0.25, 0.3) is 5.82 Å². The summed E-state index contributed by atoms with van der Waals surface area (Å²) >= 11 is 0. The van der Waals surface area contributed by atoms with Crippen LogP contribution < -0.4 is 4.57 Å². The van der Waals surface area contributed by atoms with Gasteiger partial charge in [0, 0.05) is 6.92 Å². The van der Waals surface area contributed by atoms with Gasteiger partial charge in [0.2, 0.25) is 10.4 Å². The highest BCUT2D eigenvalue weighted by atomic mass is 32.3. The quantitative estimate of drug-likeness (QED) is 0.375. The molecule has 0 aliphatic rings. The molecule has 8 heteroatoms. The summed E-state index contributed by atoms with van der Waals surface area (Å²) in [6.45, 7) is 2.91. The highest BCUT2D eigenvalue weighted by Gasteiger charge is 2.05. The van der Waals surface area contributed by atoms with E-state index in [1.807, 2.05) is 35.5 Å². The van der Waals surface area contributed by atoms with Crippen LogP contribution >= 0.6 is 0 Å². The summed E-state index contributed by atoms with van der Waals surface area (Å²) in [5.74, 6) is 1.16. The van der Waals surface area contributed by atoms with Crippen LogP contribution in [0.25, 0.3) is 0 Å². The SMILES string of the molecule is Cc1n(CCO)cc[n+]1C.O=S(=O)([O-])O. The normalized spacial score (nSPS) is 10.7. The second kappa shape index (κ2) is 5.81. The Balaban J connectivity index is 0.000000336. The summed E-state index contributed by atoms with van der Waals surface area (Å²) in [4.78, 5) is 0. The number of hydrogen-bond acceptors (Lipinski definition) is 4. The minimum Gasteiger partial charge on any atom is -0.726 e. The summed E-state index contributed by atoms with van der Waals surface area (Å²) in [6.07, 6.45) is 3.94. The standard InChI is InChI=1S/C7H13N2O.H2O4S/c1-7-8(2)3-4-9(7)5-6-10;1-5(2,3)4/h3-4,10H,5-6H2,1-2H3;(H2,1,2,3,4)/q+1;/p-1. The molecule has 0 aromatic carbocycles. The lowest BCUT2D eigenvalue weighted by Crippen LogP contribution is -2.29. The fraction of sp³-hybridized carbons (Fsp3) is 0.571. The van der Waals surface area contributed by atoms with Gasteiger partial charge in [-0.05, 0) is 0 Å².